The SMILES string of the molecule is N#Cc1cccc(Sc2nccc(=O)[nH]2)c1. The van der Waals surface area contributed by atoms with Crippen molar-refractivity contribution in [2.75, 3.05) is 0 Å². The van der Waals surface area contributed by atoms with Gasteiger partial charge in [-0.05, 0) is 18.2 Å². The van der Waals surface area contributed by atoms with E-state index in [1.54, 1.807) is 18.2 Å². The van der Waals surface area contributed by atoms with E-state index in [0.29, 0.717) is 10.7 Å². The second-order valence-electron chi connectivity index (χ2n) is 2.98. The molecule has 0 radical (unpaired) electrons. The fourth-order valence-electron chi connectivity index (χ4n) is 1.14. The molecule has 1 aromatic carbocycles. The highest BCUT2D eigenvalue weighted by Gasteiger charge is 2.00. The Kier molecular flexibility index (Phi) is 3.03. The minimum absolute atomic E-state index is 0.186. The predicted octanol–water partition coefficient (Wildman–Crippen LogP) is 1.79. The monoisotopic (exact) mass is 229 g/mol. The van der Waals surface area contributed by atoms with Crippen LogP contribution in [0.3, 0.4) is 0 Å². The highest BCUT2D eigenvalue weighted by Crippen LogP contribution is 2.23. The van der Waals surface area contributed by atoms with Crippen LogP contribution in [-0.4, -0.2) is 9.97 Å². The molecule has 0 fully saturated rings. The van der Waals surface area contributed by atoms with Gasteiger partial charge in [0.05, 0.1) is 11.6 Å². The lowest BCUT2D eigenvalue weighted by molar-refractivity contribution is 0.936. The van der Waals surface area contributed by atoms with Crippen molar-refractivity contribution in [3.63, 3.8) is 0 Å². The molecule has 5 heteroatoms. The first-order chi connectivity index (χ1) is 7.78. The van der Waals surface area contributed by atoms with Crippen LogP contribution in [0.5, 0.6) is 0 Å². The molecular formula is C11H7N3OS. The Labute approximate surface area is 96.0 Å². The largest absolute Gasteiger partial charge is 0.301 e. The Balaban J connectivity index is 2.27. The van der Waals surface area contributed by atoms with Crippen LogP contribution in [0.1, 0.15) is 5.56 Å². The van der Waals surface area contributed by atoms with E-state index in [2.05, 4.69) is 16.0 Å². The van der Waals surface area contributed by atoms with E-state index in [1.807, 2.05) is 6.07 Å². The Bertz CT molecular complexity index is 600. The minimum atomic E-state index is -0.186. The molecular weight excluding hydrogens is 222 g/mol. The van der Waals surface area contributed by atoms with Gasteiger partial charge >= 0.3 is 0 Å². The Morgan fingerprint density at radius 3 is 3.00 bits per heavy atom. The lowest BCUT2D eigenvalue weighted by Gasteiger charge is -1.99. The third-order valence-electron chi connectivity index (χ3n) is 1.83. The van der Waals surface area contributed by atoms with Crippen LogP contribution < -0.4 is 5.56 Å². The average molecular weight is 229 g/mol. The lowest BCUT2D eigenvalue weighted by Crippen LogP contribution is -2.04. The second kappa shape index (κ2) is 4.64. The number of nitrogens with one attached hydrogen (secondary N) is 1. The summed E-state index contributed by atoms with van der Waals surface area (Å²) in [6.45, 7) is 0. The van der Waals surface area contributed by atoms with Crippen molar-refractivity contribution in [1.82, 2.24) is 9.97 Å². The minimum Gasteiger partial charge on any atom is -0.301 e. The maximum Gasteiger partial charge on any atom is 0.251 e. The zero-order valence-electron chi connectivity index (χ0n) is 8.18. The van der Waals surface area contributed by atoms with Gasteiger partial charge in [0.15, 0.2) is 5.16 Å². The van der Waals surface area contributed by atoms with Crippen molar-refractivity contribution in [3.8, 4) is 6.07 Å². The molecule has 0 bridgehead atoms. The van der Waals surface area contributed by atoms with Gasteiger partial charge < -0.3 is 4.98 Å². The molecule has 0 atom stereocenters. The second-order valence-corrected chi connectivity index (χ2v) is 4.04. The number of nitriles is 1. The molecule has 0 aliphatic carbocycles. The quantitative estimate of drug-likeness (QED) is 0.797. The average Bonchev–Trinajstić information content (AvgIpc) is 2.29. The first kappa shape index (κ1) is 10.5. The number of hydrogen-bond donors (Lipinski definition) is 1. The van der Waals surface area contributed by atoms with Crippen LogP contribution in [0, 0.1) is 11.3 Å². The summed E-state index contributed by atoms with van der Waals surface area (Å²) in [5, 5.41) is 9.26. The van der Waals surface area contributed by atoms with Gasteiger partial charge in [-0.1, -0.05) is 17.8 Å². The molecule has 1 N–H and O–H groups in total. The van der Waals surface area contributed by atoms with E-state index in [9.17, 15) is 4.79 Å². The third kappa shape index (κ3) is 2.49. The summed E-state index contributed by atoms with van der Waals surface area (Å²) < 4.78 is 0. The van der Waals surface area contributed by atoms with Crippen LogP contribution in [0.15, 0.2) is 51.4 Å². The van der Waals surface area contributed by atoms with E-state index in [-0.39, 0.29) is 5.56 Å². The van der Waals surface area contributed by atoms with E-state index >= 15 is 0 Å². The van der Waals surface area contributed by atoms with Gasteiger partial charge in [0, 0.05) is 17.2 Å². The molecule has 0 saturated heterocycles. The number of benzene rings is 1. The van der Waals surface area contributed by atoms with E-state index in [0.717, 1.165) is 4.90 Å². The summed E-state index contributed by atoms with van der Waals surface area (Å²) in [4.78, 5) is 18.5. The Morgan fingerprint density at radius 1 is 1.38 bits per heavy atom. The highest BCUT2D eigenvalue weighted by atomic mass is 32.2. The third-order valence-corrected chi connectivity index (χ3v) is 2.72. The summed E-state index contributed by atoms with van der Waals surface area (Å²) in [5.74, 6) is 0. The van der Waals surface area contributed by atoms with Crippen LogP contribution in [-0.2, 0) is 0 Å². The maximum absolute atomic E-state index is 11.0. The highest BCUT2D eigenvalue weighted by molar-refractivity contribution is 7.99. The summed E-state index contributed by atoms with van der Waals surface area (Å²) in [6, 6.07) is 10.5. The zero-order chi connectivity index (χ0) is 11.4. The molecule has 78 valence electrons. The van der Waals surface area contributed by atoms with Crippen LogP contribution in [0.4, 0.5) is 0 Å². The van der Waals surface area contributed by atoms with Crippen molar-refractivity contribution in [1.29, 1.82) is 5.26 Å². The van der Waals surface area contributed by atoms with Gasteiger partial charge in [-0.25, -0.2) is 4.98 Å². The fourth-order valence-corrected chi connectivity index (χ4v) is 1.97. The molecule has 1 heterocycles. The summed E-state index contributed by atoms with van der Waals surface area (Å²) in [6.07, 6.45) is 1.45. The zero-order valence-corrected chi connectivity index (χ0v) is 8.99. The number of H-pyrrole nitrogens is 1. The van der Waals surface area contributed by atoms with Crippen LogP contribution in [0.25, 0.3) is 0 Å². The van der Waals surface area contributed by atoms with Crippen molar-refractivity contribution >= 4 is 11.8 Å². The van der Waals surface area contributed by atoms with Crippen LogP contribution >= 0.6 is 11.8 Å². The molecule has 0 saturated carbocycles. The lowest BCUT2D eigenvalue weighted by atomic mass is 10.2. The molecule has 16 heavy (non-hydrogen) atoms. The normalized spacial score (nSPS) is 9.69. The number of rotatable bonds is 2. The standard InChI is InChI=1S/C11H7N3OS/c12-7-8-2-1-3-9(6-8)16-11-13-5-4-10(15)14-11/h1-6H,(H,13,14,15). The van der Waals surface area contributed by atoms with Gasteiger partial charge in [0.2, 0.25) is 0 Å². The van der Waals surface area contributed by atoms with E-state index < -0.39 is 0 Å². The van der Waals surface area contributed by atoms with Crippen molar-refractivity contribution < 1.29 is 0 Å². The maximum atomic E-state index is 11.0. The van der Waals surface area contributed by atoms with E-state index in [1.165, 1.54) is 24.0 Å². The Hall–Kier alpha value is -2.06. The first-order valence-electron chi connectivity index (χ1n) is 4.51. The number of aromatic amines is 1. The molecule has 2 rings (SSSR count). The van der Waals surface area contributed by atoms with Gasteiger partial charge in [0.1, 0.15) is 0 Å². The molecule has 4 nitrogen and oxygen atoms in total. The van der Waals surface area contributed by atoms with Crippen LogP contribution in [0.2, 0.25) is 0 Å². The number of nitrogens with zero attached hydrogens (tertiary/aromatic N) is 2. The molecule has 0 aliphatic rings. The fraction of sp³-hybridized carbons (Fsp3) is 0. The smallest absolute Gasteiger partial charge is 0.251 e. The van der Waals surface area contributed by atoms with E-state index in [4.69, 9.17) is 5.26 Å². The van der Waals surface area contributed by atoms with Crippen molar-refractivity contribution in [2.24, 2.45) is 0 Å². The number of aromatic nitrogens is 2. The molecule has 0 unspecified atom stereocenters. The van der Waals surface area contributed by atoms with Crippen molar-refractivity contribution in [2.45, 2.75) is 10.1 Å². The van der Waals surface area contributed by atoms with Gasteiger partial charge in [-0.3, -0.25) is 4.79 Å². The molecule has 0 aliphatic heterocycles. The van der Waals surface area contributed by atoms with Crippen molar-refractivity contribution in [3.05, 3.63) is 52.4 Å². The summed E-state index contributed by atoms with van der Waals surface area (Å²) in [5.41, 5.74) is 0.400. The molecule has 0 amide bonds. The molecule has 1 aromatic heterocycles. The first-order valence-corrected chi connectivity index (χ1v) is 5.33. The van der Waals surface area contributed by atoms with Gasteiger partial charge in [-0.2, -0.15) is 5.26 Å². The summed E-state index contributed by atoms with van der Waals surface area (Å²) >= 11 is 1.31. The number of hydrogen-bond acceptors (Lipinski definition) is 4. The van der Waals surface area contributed by atoms with Gasteiger partial charge in [-0.15, -0.1) is 0 Å². The molecule has 0 spiro atoms. The molecule has 2 aromatic rings. The topological polar surface area (TPSA) is 69.5 Å². The predicted molar refractivity (Wildman–Crippen MR) is 60.1 cm³/mol. The summed E-state index contributed by atoms with van der Waals surface area (Å²) in [7, 11) is 0. The Morgan fingerprint density at radius 2 is 2.25 bits per heavy atom. The van der Waals surface area contributed by atoms with Gasteiger partial charge in [0.25, 0.3) is 5.56 Å².